The fourth-order valence-corrected chi connectivity index (χ4v) is 3.77. The van der Waals surface area contributed by atoms with Gasteiger partial charge in [0, 0.05) is 12.3 Å². The van der Waals surface area contributed by atoms with Crippen molar-refractivity contribution in [3.63, 3.8) is 0 Å². The Morgan fingerprint density at radius 2 is 0.578 bits per heavy atom. The molecular formula is C24H13F21. The lowest BCUT2D eigenvalue weighted by atomic mass is 9.81. The minimum Gasteiger partial charge on any atom is -0.200 e. The first-order chi connectivity index (χ1) is 19.8. The molecule has 0 bridgehead atoms. The molecule has 0 saturated carbocycles. The summed E-state index contributed by atoms with van der Waals surface area (Å²) in [6.45, 7) is 0. The predicted octanol–water partition coefficient (Wildman–Crippen LogP) is 10.5. The van der Waals surface area contributed by atoms with Crippen LogP contribution in [0.4, 0.5) is 92.2 Å². The molecule has 256 valence electrons. The first-order valence-electron chi connectivity index (χ1n) is 11.4. The molecule has 0 radical (unpaired) electrons. The van der Waals surface area contributed by atoms with Crippen molar-refractivity contribution in [2.45, 2.75) is 71.8 Å². The van der Waals surface area contributed by atoms with Gasteiger partial charge in [0.15, 0.2) is 0 Å². The van der Waals surface area contributed by atoms with Gasteiger partial charge in [-0.25, -0.2) is 0 Å². The smallest absolute Gasteiger partial charge is 0.200 e. The summed E-state index contributed by atoms with van der Waals surface area (Å²) in [4.78, 5) is 0. The van der Waals surface area contributed by atoms with E-state index in [0.717, 1.165) is 48.5 Å². The summed E-state index contributed by atoms with van der Waals surface area (Å²) in [6, 6.07) is 10.2. The Labute approximate surface area is 236 Å². The number of hydrogen-bond donors (Lipinski definition) is 0. The highest BCUT2D eigenvalue weighted by molar-refractivity contribution is 5.33. The van der Waals surface area contributed by atoms with Crippen LogP contribution in [0.15, 0.2) is 60.7 Å². The number of rotatable bonds is 12. The van der Waals surface area contributed by atoms with Crippen LogP contribution in [-0.4, -0.2) is 59.5 Å². The van der Waals surface area contributed by atoms with Gasteiger partial charge < -0.3 is 0 Å². The third-order valence-electron chi connectivity index (χ3n) is 6.44. The maximum Gasteiger partial charge on any atom is 0.460 e. The molecule has 0 fully saturated rings. The summed E-state index contributed by atoms with van der Waals surface area (Å²) in [5.41, 5.74) is -0.892. The Hall–Kier alpha value is -3.03. The Morgan fingerprint density at radius 1 is 0.333 bits per heavy atom. The Kier molecular flexibility index (Phi) is 9.37. The summed E-state index contributed by atoms with van der Waals surface area (Å²) in [6.07, 6.45) is -10.7. The van der Waals surface area contributed by atoms with Crippen LogP contribution in [0.1, 0.15) is 23.5 Å². The second-order valence-electron chi connectivity index (χ2n) is 9.38. The highest BCUT2D eigenvalue weighted by atomic mass is 19.4. The summed E-state index contributed by atoms with van der Waals surface area (Å²) in [7, 11) is 0. The normalized spacial score (nSPS) is 15.5. The zero-order valence-electron chi connectivity index (χ0n) is 21.0. The highest BCUT2D eigenvalue weighted by Crippen LogP contribution is 2.66. The molecule has 0 aliphatic carbocycles. The van der Waals surface area contributed by atoms with Crippen molar-refractivity contribution in [2.75, 3.05) is 0 Å². The fourth-order valence-electron chi connectivity index (χ4n) is 3.77. The Balaban J connectivity index is 2.68. The molecule has 0 aliphatic rings. The van der Waals surface area contributed by atoms with E-state index in [1.165, 1.54) is 12.1 Å². The van der Waals surface area contributed by atoms with Gasteiger partial charge in [0.1, 0.15) is 0 Å². The fraction of sp³-hybridized carbons (Fsp3) is 0.500. The largest absolute Gasteiger partial charge is 0.460 e. The summed E-state index contributed by atoms with van der Waals surface area (Å²) in [5, 5.41) is 0. The van der Waals surface area contributed by atoms with Crippen LogP contribution in [0, 0.1) is 0 Å². The van der Waals surface area contributed by atoms with Crippen molar-refractivity contribution >= 4 is 0 Å². The Bertz CT molecular complexity index is 1260. The van der Waals surface area contributed by atoms with E-state index in [-0.39, 0.29) is 0 Å². The number of hydrogen-bond acceptors (Lipinski definition) is 0. The molecule has 0 spiro atoms. The van der Waals surface area contributed by atoms with E-state index in [0.29, 0.717) is 0 Å². The van der Waals surface area contributed by atoms with Crippen molar-refractivity contribution < 1.29 is 92.2 Å². The number of alkyl halides is 21. The maximum absolute atomic E-state index is 14.8. The van der Waals surface area contributed by atoms with Crippen LogP contribution in [0.2, 0.25) is 0 Å². The van der Waals surface area contributed by atoms with E-state index >= 15 is 0 Å². The average molecular weight is 700 g/mol. The van der Waals surface area contributed by atoms with Gasteiger partial charge in [-0.05, 0) is 11.1 Å². The van der Waals surface area contributed by atoms with Gasteiger partial charge in [-0.2, -0.15) is 92.2 Å². The summed E-state index contributed by atoms with van der Waals surface area (Å²) < 4.78 is 287. The monoisotopic (exact) mass is 700 g/mol. The van der Waals surface area contributed by atoms with E-state index in [4.69, 9.17) is 0 Å². The molecule has 45 heavy (non-hydrogen) atoms. The van der Waals surface area contributed by atoms with E-state index < -0.39 is 82.9 Å². The van der Waals surface area contributed by atoms with E-state index in [1.807, 2.05) is 0 Å². The minimum absolute atomic E-state index is 0.446. The first-order valence-corrected chi connectivity index (χ1v) is 11.4. The molecule has 0 heterocycles. The zero-order valence-corrected chi connectivity index (χ0v) is 21.0. The van der Waals surface area contributed by atoms with Crippen molar-refractivity contribution in [3.8, 4) is 0 Å². The predicted molar refractivity (Wildman–Crippen MR) is 110 cm³/mol. The van der Waals surface area contributed by atoms with Crippen LogP contribution in [0.25, 0.3) is 0 Å². The van der Waals surface area contributed by atoms with E-state index in [9.17, 15) is 92.2 Å². The lowest BCUT2D eigenvalue weighted by Gasteiger charge is -2.44. The highest BCUT2D eigenvalue weighted by Gasteiger charge is 2.97. The molecule has 0 amide bonds. The lowest BCUT2D eigenvalue weighted by Crippen LogP contribution is -2.76. The third kappa shape index (κ3) is 5.44. The Morgan fingerprint density at radius 3 is 0.844 bits per heavy atom. The lowest BCUT2D eigenvalue weighted by molar-refractivity contribution is -0.474. The van der Waals surface area contributed by atoms with Gasteiger partial charge in [0.05, 0.1) is 0 Å². The van der Waals surface area contributed by atoms with Gasteiger partial charge in [-0.15, -0.1) is 0 Å². The van der Waals surface area contributed by atoms with Gasteiger partial charge >= 0.3 is 59.5 Å². The molecule has 0 aliphatic heterocycles. The second-order valence-corrected chi connectivity index (χ2v) is 9.38. The van der Waals surface area contributed by atoms with Crippen molar-refractivity contribution in [1.29, 1.82) is 0 Å². The van der Waals surface area contributed by atoms with Gasteiger partial charge in [0.2, 0.25) is 0 Å². The first kappa shape index (κ1) is 38.2. The van der Waals surface area contributed by atoms with Gasteiger partial charge in [-0.3, -0.25) is 0 Å². The molecule has 21 heteroatoms. The minimum atomic E-state index is -9.19. The molecular weight excluding hydrogens is 687 g/mol. The molecule has 2 aromatic carbocycles. The van der Waals surface area contributed by atoms with Crippen LogP contribution >= 0.6 is 0 Å². The standard InChI is InChI=1S/C24H13F21/c25-15(26,11-14(12-7-3-1-4-8-12)13-9-5-2-6-10-13)16(27,28)17(29,30)18(31,32)19(33,34)20(35,36)21(37,38)22(39,40)23(41,42)24(43,44)45/h1-10,14H,11H2. The van der Waals surface area contributed by atoms with Crippen LogP contribution in [0.5, 0.6) is 0 Å². The number of halogens is 21. The molecule has 0 N–H and O–H groups in total. The van der Waals surface area contributed by atoms with Crippen molar-refractivity contribution in [3.05, 3.63) is 71.8 Å². The van der Waals surface area contributed by atoms with Crippen LogP contribution in [0.3, 0.4) is 0 Å². The maximum atomic E-state index is 14.8. The van der Waals surface area contributed by atoms with Crippen molar-refractivity contribution in [2.24, 2.45) is 0 Å². The zero-order chi connectivity index (χ0) is 35.5. The van der Waals surface area contributed by atoms with Gasteiger partial charge in [-0.1, -0.05) is 60.7 Å². The molecule has 2 rings (SSSR count). The number of benzene rings is 2. The van der Waals surface area contributed by atoms with E-state index in [2.05, 4.69) is 0 Å². The topological polar surface area (TPSA) is 0 Å². The molecule has 2 aromatic rings. The van der Waals surface area contributed by atoms with E-state index in [1.54, 1.807) is 0 Å². The van der Waals surface area contributed by atoms with Crippen LogP contribution < -0.4 is 0 Å². The summed E-state index contributed by atoms with van der Waals surface area (Å²) in [5.74, 6) is -79.3. The molecule has 0 unspecified atom stereocenters. The molecule has 0 aromatic heterocycles. The van der Waals surface area contributed by atoms with Crippen molar-refractivity contribution in [1.82, 2.24) is 0 Å². The quantitative estimate of drug-likeness (QED) is 0.194. The molecule has 0 saturated heterocycles. The van der Waals surface area contributed by atoms with Crippen LogP contribution in [-0.2, 0) is 0 Å². The summed E-state index contributed by atoms with van der Waals surface area (Å²) >= 11 is 0. The average Bonchev–Trinajstić information content (AvgIpc) is 2.91. The third-order valence-corrected chi connectivity index (χ3v) is 6.44. The molecule has 0 atom stereocenters. The second kappa shape index (κ2) is 11.0. The van der Waals surface area contributed by atoms with Gasteiger partial charge in [0.25, 0.3) is 0 Å². The molecule has 0 nitrogen and oxygen atoms in total. The SMILES string of the molecule is FC(F)(F)C(F)(F)C(F)(F)C(F)(F)C(F)(F)C(F)(F)C(F)(F)C(F)(F)C(F)(F)C(F)(F)CC(c1ccccc1)c1ccccc1.